The van der Waals surface area contributed by atoms with E-state index in [1.807, 2.05) is 22.6 Å². The van der Waals surface area contributed by atoms with Crippen molar-refractivity contribution in [1.82, 2.24) is 4.90 Å². The van der Waals surface area contributed by atoms with E-state index in [9.17, 15) is 14.7 Å². The molecule has 1 fully saturated rings. The van der Waals surface area contributed by atoms with Gasteiger partial charge in [-0.1, -0.05) is 0 Å². The molecule has 2 rings (SSSR count). The van der Waals surface area contributed by atoms with E-state index in [0.717, 1.165) is 12.8 Å². The quantitative estimate of drug-likeness (QED) is 0.621. The maximum atomic E-state index is 12.4. The van der Waals surface area contributed by atoms with Crippen LogP contribution in [-0.4, -0.2) is 42.1 Å². The van der Waals surface area contributed by atoms with Crippen LogP contribution < -0.4 is 0 Å². The summed E-state index contributed by atoms with van der Waals surface area (Å²) in [5, 5.41) is 9.67. The van der Waals surface area contributed by atoms with Crippen LogP contribution >= 0.6 is 22.6 Å². The van der Waals surface area contributed by atoms with E-state index in [1.165, 1.54) is 13.2 Å². The van der Waals surface area contributed by atoms with E-state index in [4.69, 9.17) is 4.74 Å². The van der Waals surface area contributed by atoms with Crippen molar-refractivity contribution >= 4 is 34.5 Å². The Morgan fingerprint density at radius 1 is 1.45 bits per heavy atom. The Labute approximate surface area is 131 Å². The molecule has 0 spiro atoms. The monoisotopic (exact) mass is 389 g/mol. The molecule has 1 N–H and O–H groups in total. The number of hydrogen-bond donors (Lipinski definition) is 1. The van der Waals surface area contributed by atoms with Crippen LogP contribution in [0, 0.1) is 9.49 Å². The summed E-state index contributed by atoms with van der Waals surface area (Å²) in [6, 6.07) is 4.85. The number of piperidine rings is 1. The van der Waals surface area contributed by atoms with Crippen LogP contribution in [0.1, 0.15) is 23.2 Å². The SMILES string of the molecule is COC(=O)C1CCCN(C(=O)c2ccc(I)c(O)c2)C1. The summed E-state index contributed by atoms with van der Waals surface area (Å²) in [7, 11) is 1.36. The Kier molecular flexibility index (Phi) is 4.85. The van der Waals surface area contributed by atoms with Crippen molar-refractivity contribution in [2.45, 2.75) is 12.8 Å². The number of benzene rings is 1. The molecule has 0 radical (unpaired) electrons. The molecule has 1 amide bonds. The number of ether oxygens (including phenoxy) is 1. The largest absolute Gasteiger partial charge is 0.507 e. The first-order valence-electron chi connectivity index (χ1n) is 6.38. The maximum Gasteiger partial charge on any atom is 0.310 e. The third-order valence-electron chi connectivity index (χ3n) is 3.44. The standard InChI is InChI=1S/C14H16INO4/c1-20-14(19)10-3-2-6-16(8-10)13(18)9-4-5-11(15)12(17)7-9/h4-5,7,10,17H,2-3,6,8H2,1H3. The van der Waals surface area contributed by atoms with Gasteiger partial charge in [0.05, 0.1) is 16.6 Å². The molecule has 6 heteroatoms. The predicted octanol–water partition coefficient (Wildman–Crippen LogP) is 2.02. The van der Waals surface area contributed by atoms with E-state index in [-0.39, 0.29) is 23.5 Å². The number of likely N-dealkylation sites (tertiary alicyclic amines) is 1. The number of carbonyl (C=O) groups is 2. The van der Waals surface area contributed by atoms with Crippen molar-refractivity contribution in [3.8, 4) is 5.75 Å². The van der Waals surface area contributed by atoms with Gasteiger partial charge >= 0.3 is 5.97 Å². The molecule has 1 aromatic carbocycles. The molecule has 1 saturated heterocycles. The van der Waals surface area contributed by atoms with Crippen LogP contribution in [0.2, 0.25) is 0 Å². The van der Waals surface area contributed by atoms with Gasteiger partial charge in [0.25, 0.3) is 5.91 Å². The molecular formula is C14H16INO4. The third-order valence-corrected chi connectivity index (χ3v) is 4.35. The van der Waals surface area contributed by atoms with Crippen LogP contribution in [0.5, 0.6) is 5.75 Å². The zero-order chi connectivity index (χ0) is 14.7. The Bertz CT molecular complexity index is 532. The molecule has 0 aliphatic carbocycles. The molecule has 1 aliphatic heterocycles. The highest BCUT2D eigenvalue weighted by Crippen LogP contribution is 2.24. The van der Waals surface area contributed by atoms with Gasteiger partial charge in [-0.05, 0) is 53.6 Å². The third kappa shape index (κ3) is 3.23. The molecular weight excluding hydrogens is 373 g/mol. The van der Waals surface area contributed by atoms with Crippen molar-refractivity contribution in [2.24, 2.45) is 5.92 Å². The lowest BCUT2D eigenvalue weighted by Gasteiger charge is -2.31. The number of esters is 1. The molecule has 108 valence electrons. The smallest absolute Gasteiger partial charge is 0.310 e. The van der Waals surface area contributed by atoms with Crippen LogP contribution in [0.4, 0.5) is 0 Å². The number of methoxy groups -OCH3 is 1. The fourth-order valence-corrected chi connectivity index (χ4v) is 2.68. The molecule has 0 aromatic heterocycles. The summed E-state index contributed by atoms with van der Waals surface area (Å²) >= 11 is 2.00. The molecule has 1 heterocycles. The number of aromatic hydroxyl groups is 1. The minimum atomic E-state index is -0.270. The highest BCUT2D eigenvalue weighted by atomic mass is 127. The topological polar surface area (TPSA) is 66.8 Å². The summed E-state index contributed by atoms with van der Waals surface area (Å²) in [5.74, 6) is -0.591. The molecule has 0 bridgehead atoms. The molecule has 1 aromatic rings. The number of hydrogen-bond acceptors (Lipinski definition) is 4. The first-order valence-corrected chi connectivity index (χ1v) is 7.46. The molecule has 5 nitrogen and oxygen atoms in total. The van der Waals surface area contributed by atoms with Crippen molar-refractivity contribution in [2.75, 3.05) is 20.2 Å². The van der Waals surface area contributed by atoms with Crippen molar-refractivity contribution in [3.63, 3.8) is 0 Å². The highest BCUT2D eigenvalue weighted by molar-refractivity contribution is 14.1. The lowest BCUT2D eigenvalue weighted by atomic mass is 9.97. The van der Waals surface area contributed by atoms with Gasteiger partial charge in [0.1, 0.15) is 5.75 Å². The summed E-state index contributed by atoms with van der Waals surface area (Å²) in [6.45, 7) is 0.997. The average Bonchev–Trinajstić information content (AvgIpc) is 2.48. The first kappa shape index (κ1) is 15.1. The highest BCUT2D eigenvalue weighted by Gasteiger charge is 2.29. The summed E-state index contributed by atoms with van der Waals surface area (Å²) in [5.41, 5.74) is 0.438. The summed E-state index contributed by atoms with van der Waals surface area (Å²) < 4.78 is 5.44. The lowest BCUT2D eigenvalue weighted by molar-refractivity contribution is -0.146. The maximum absolute atomic E-state index is 12.4. The van der Waals surface area contributed by atoms with Crippen molar-refractivity contribution < 1.29 is 19.4 Å². The van der Waals surface area contributed by atoms with Gasteiger partial charge in [-0.15, -0.1) is 0 Å². The Balaban J connectivity index is 2.12. The van der Waals surface area contributed by atoms with E-state index in [1.54, 1.807) is 17.0 Å². The van der Waals surface area contributed by atoms with Gasteiger partial charge in [0.15, 0.2) is 0 Å². The normalized spacial score (nSPS) is 18.7. The molecule has 1 unspecified atom stereocenters. The minimum absolute atomic E-state index is 0.0953. The van der Waals surface area contributed by atoms with Gasteiger partial charge in [-0.25, -0.2) is 0 Å². The Morgan fingerprint density at radius 2 is 2.20 bits per heavy atom. The van der Waals surface area contributed by atoms with Crippen LogP contribution in [0.25, 0.3) is 0 Å². The van der Waals surface area contributed by atoms with Crippen LogP contribution in [0.3, 0.4) is 0 Å². The number of amides is 1. The summed E-state index contributed by atoms with van der Waals surface area (Å²) in [4.78, 5) is 25.6. The van der Waals surface area contributed by atoms with E-state index in [2.05, 4.69) is 0 Å². The fourth-order valence-electron chi connectivity index (χ4n) is 2.35. The average molecular weight is 389 g/mol. The van der Waals surface area contributed by atoms with Gasteiger partial charge in [0.2, 0.25) is 0 Å². The zero-order valence-corrected chi connectivity index (χ0v) is 13.3. The van der Waals surface area contributed by atoms with Gasteiger partial charge in [-0.2, -0.15) is 0 Å². The molecule has 0 saturated carbocycles. The second-order valence-corrected chi connectivity index (χ2v) is 5.94. The number of carbonyl (C=O) groups excluding carboxylic acids is 2. The molecule has 1 atom stereocenters. The van der Waals surface area contributed by atoms with Crippen molar-refractivity contribution in [1.29, 1.82) is 0 Å². The Hall–Kier alpha value is -1.31. The van der Waals surface area contributed by atoms with Crippen LogP contribution in [0.15, 0.2) is 18.2 Å². The number of rotatable bonds is 2. The van der Waals surface area contributed by atoms with Crippen LogP contribution in [-0.2, 0) is 9.53 Å². The number of phenolic OH excluding ortho intramolecular Hbond substituents is 1. The van der Waals surface area contributed by atoms with E-state index in [0.29, 0.717) is 22.2 Å². The van der Waals surface area contributed by atoms with E-state index < -0.39 is 0 Å². The fraction of sp³-hybridized carbons (Fsp3) is 0.429. The first-order chi connectivity index (χ1) is 9.52. The van der Waals surface area contributed by atoms with Gasteiger partial charge < -0.3 is 14.7 Å². The van der Waals surface area contributed by atoms with Crippen molar-refractivity contribution in [3.05, 3.63) is 27.3 Å². The zero-order valence-electron chi connectivity index (χ0n) is 11.1. The second kappa shape index (κ2) is 6.43. The molecule has 1 aliphatic rings. The number of nitrogens with zero attached hydrogens (tertiary/aromatic N) is 1. The number of halogens is 1. The molecule has 20 heavy (non-hydrogen) atoms. The van der Waals surface area contributed by atoms with Gasteiger partial charge in [0, 0.05) is 18.7 Å². The van der Waals surface area contributed by atoms with Gasteiger partial charge in [-0.3, -0.25) is 9.59 Å². The second-order valence-electron chi connectivity index (χ2n) is 4.78. The Morgan fingerprint density at radius 3 is 2.85 bits per heavy atom. The van der Waals surface area contributed by atoms with E-state index >= 15 is 0 Å². The predicted molar refractivity (Wildman–Crippen MR) is 81.5 cm³/mol. The minimum Gasteiger partial charge on any atom is -0.507 e. The summed E-state index contributed by atoms with van der Waals surface area (Å²) in [6.07, 6.45) is 1.52. The lowest BCUT2D eigenvalue weighted by Crippen LogP contribution is -2.42. The number of phenols is 1.